The van der Waals surface area contributed by atoms with E-state index in [2.05, 4.69) is 24.3 Å². The molecular formula is C20H26N2O2S. The molecule has 0 N–H and O–H groups in total. The van der Waals surface area contributed by atoms with Gasteiger partial charge in [-0.2, -0.15) is 0 Å². The van der Waals surface area contributed by atoms with Crippen molar-refractivity contribution in [3.63, 3.8) is 0 Å². The molecule has 0 unspecified atom stereocenters. The number of benzene rings is 1. The average molecular weight is 359 g/mol. The highest BCUT2D eigenvalue weighted by Crippen LogP contribution is 2.30. The van der Waals surface area contributed by atoms with E-state index in [1.54, 1.807) is 11.8 Å². The van der Waals surface area contributed by atoms with Crippen molar-refractivity contribution in [2.75, 3.05) is 24.7 Å². The van der Waals surface area contributed by atoms with Crippen LogP contribution in [0.5, 0.6) is 0 Å². The molecule has 4 rings (SSSR count). The van der Waals surface area contributed by atoms with Gasteiger partial charge in [0.05, 0.1) is 5.88 Å². The molecule has 0 saturated carbocycles. The molecule has 2 saturated heterocycles. The Morgan fingerprint density at radius 1 is 1.12 bits per heavy atom. The highest BCUT2D eigenvalue weighted by atomic mass is 32.2. The molecular weight excluding hydrogens is 332 g/mol. The van der Waals surface area contributed by atoms with E-state index < -0.39 is 0 Å². The lowest BCUT2D eigenvalue weighted by atomic mass is 9.82. The van der Waals surface area contributed by atoms with Gasteiger partial charge in [-0.3, -0.25) is 9.59 Å². The lowest BCUT2D eigenvalue weighted by molar-refractivity contribution is -0.143. The lowest BCUT2D eigenvalue weighted by Gasteiger charge is -2.30. The minimum Gasteiger partial charge on any atom is -0.331 e. The van der Waals surface area contributed by atoms with Gasteiger partial charge in [-0.05, 0) is 49.1 Å². The predicted molar refractivity (Wildman–Crippen MR) is 100 cm³/mol. The molecule has 0 bridgehead atoms. The Morgan fingerprint density at radius 3 is 2.76 bits per heavy atom. The van der Waals surface area contributed by atoms with Crippen molar-refractivity contribution >= 4 is 23.6 Å². The molecule has 1 aromatic carbocycles. The van der Waals surface area contributed by atoms with Crippen LogP contribution in [0.4, 0.5) is 0 Å². The number of hydrogen-bond acceptors (Lipinski definition) is 3. The first-order valence-electron chi connectivity index (χ1n) is 9.45. The SMILES string of the molecule is O=C([C@H]1CCCN1C(=O)C[C@@H]1CCc2ccccc2C1)N1CCSC1. The van der Waals surface area contributed by atoms with Gasteiger partial charge in [-0.15, -0.1) is 11.8 Å². The monoisotopic (exact) mass is 358 g/mol. The van der Waals surface area contributed by atoms with E-state index in [4.69, 9.17) is 0 Å². The van der Waals surface area contributed by atoms with Crippen LogP contribution in [0.2, 0.25) is 0 Å². The van der Waals surface area contributed by atoms with E-state index in [1.165, 1.54) is 11.1 Å². The predicted octanol–water partition coefficient (Wildman–Crippen LogP) is 2.71. The number of hydrogen-bond donors (Lipinski definition) is 0. The average Bonchev–Trinajstić information content (AvgIpc) is 3.33. The summed E-state index contributed by atoms with van der Waals surface area (Å²) in [4.78, 5) is 29.5. The first-order valence-corrected chi connectivity index (χ1v) is 10.6. The summed E-state index contributed by atoms with van der Waals surface area (Å²) >= 11 is 1.80. The third-order valence-corrected chi connectivity index (χ3v) is 6.80. The maximum atomic E-state index is 12.9. The first kappa shape index (κ1) is 17.0. The van der Waals surface area contributed by atoms with Crippen molar-refractivity contribution in [3.05, 3.63) is 35.4 Å². The molecule has 0 spiro atoms. The molecule has 4 nitrogen and oxygen atoms in total. The number of carbonyl (C=O) groups excluding carboxylic acids is 2. The summed E-state index contributed by atoms with van der Waals surface area (Å²) in [6.45, 7) is 1.58. The molecule has 2 atom stereocenters. The number of amides is 2. The number of likely N-dealkylation sites (tertiary alicyclic amines) is 1. The second-order valence-electron chi connectivity index (χ2n) is 7.47. The van der Waals surface area contributed by atoms with Crippen molar-refractivity contribution in [1.82, 2.24) is 9.80 Å². The second-order valence-corrected chi connectivity index (χ2v) is 8.54. The van der Waals surface area contributed by atoms with Gasteiger partial charge in [-0.25, -0.2) is 0 Å². The first-order chi connectivity index (χ1) is 12.2. The van der Waals surface area contributed by atoms with E-state index in [0.717, 1.165) is 56.8 Å². The van der Waals surface area contributed by atoms with Gasteiger partial charge in [0.2, 0.25) is 11.8 Å². The van der Waals surface area contributed by atoms with Crippen LogP contribution in [0.3, 0.4) is 0 Å². The van der Waals surface area contributed by atoms with Crippen molar-refractivity contribution < 1.29 is 9.59 Å². The minimum atomic E-state index is -0.206. The van der Waals surface area contributed by atoms with Crippen molar-refractivity contribution in [2.45, 2.75) is 44.6 Å². The van der Waals surface area contributed by atoms with Crippen molar-refractivity contribution in [3.8, 4) is 0 Å². The summed E-state index contributed by atoms with van der Waals surface area (Å²) in [5, 5.41) is 0. The van der Waals surface area contributed by atoms with Crippen LogP contribution >= 0.6 is 11.8 Å². The molecule has 2 amide bonds. The van der Waals surface area contributed by atoms with Gasteiger partial charge in [0.1, 0.15) is 6.04 Å². The molecule has 1 aliphatic carbocycles. The number of nitrogens with zero attached hydrogens (tertiary/aromatic N) is 2. The summed E-state index contributed by atoms with van der Waals surface area (Å²) in [6.07, 6.45) is 5.53. The Hall–Kier alpha value is -1.49. The lowest BCUT2D eigenvalue weighted by Crippen LogP contribution is -2.47. The fraction of sp³-hybridized carbons (Fsp3) is 0.600. The van der Waals surface area contributed by atoms with E-state index in [9.17, 15) is 9.59 Å². The largest absolute Gasteiger partial charge is 0.331 e. The summed E-state index contributed by atoms with van der Waals surface area (Å²) in [5.41, 5.74) is 2.83. The van der Waals surface area contributed by atoms with E-state index in [1.807, 2.05) is 9.80 Å². The number of carbonyl (C=O) groups is 2. The molecule has 2 aliphatic heterocycles. The Kier molecular flexibility index (Phi) is 5.02. The molecule has 0 aromatic heterocycles. The normalized spacial score (nSPS) is 25.9. The maximum absolute atomic E-state index is 12.9. The molecule has 2 heterocycles. The maximum Gasteiger partial charge on any atom is 0.246 e. The molecule has 1 aromatic rings. The summed E-state index contributed by atoms with van der Waals surface area (Å²) in [5.74, 6) is 2.59. The van der Waals surface area contributed by atoms with E-state index >= 15 is 0 Å². The van der Waals surface area contributed by atoms with Crippen LogP contribution in [0, 0.1) is 5.92 Å². The zero-order valence-electron chi connectivity index (χ0n) is 14.7. The molecule has 3 aliphatic rings. The highest BCUT2D eigenvalue weighted by Gasteiger charge is 2.37. The Labute approximate surface area is 153 Å². The molecule has 134 valence electrons. The van der Waals surface area contributed by atoms with Gasteiger partial charge >= 0.3 is 0 Å². The third kappa shape index (κ3) is 3.57. The van der Waals surface area contributed by atoms with Gasteiger partial charge in [-0.1, -0.05) is 24.3 Å². The van der Waals surface area contributed by atoms with Crippen LogP contribution in [-0.2, 0) is 22.4 Å². The van der Waals surface area contributed by atoms with Crippen LogP contribution in [-0.4, -0.2) is 52.4 Å². The molecule has 25 heavy (non-hydrogen) atoms. The quantitative estimate of drug-likeness (QED) is 0.834. The van der Waals surface area contributed by atoms with Gasteiger partial charge in [0, 0.05) is 25.3 Å². The molecule has 2 fully saturated rings. The number of rotatable bonds is 3. The summed E-state index contributed by atoms with van der Waals surface area (Å²) in [7, 11) is 0. The van der Waals surface area contributed by atoms with Gasteiger partial charge in [0.25, 0.3) is 0 Å². The van der Waals surface area contributed by atoms with Crippen LogP contribution < -0.4 is 0 Å². The topological polar surface area (TPSA) is 40.6 Å². The number of thioether (sulfide) groups is 1. The second kappa shape index (κ2) is 7.40. The van der Waals surface area contributed by atoms with Crippen molar-refractivity contribution in [1.29, 1.82) is 0 Å². The smallest absolute Gasteiger partial charge is 0.246 e. The zero-order chi connectivity index (χ0) is 17.2. The van der Waals surface area contributed by atoms with Crippen molar-refractivity contribution in [2.24, 2.45) is 5.92 Å². The molecule has 0 radical (unpaired) electrons. The zero-order valence-corrected chi connectivity index (χ0v) is 15.5. The van der Waals surface area contributed by atoms with E-state index in [0.29, 0.717) is 12.3 Å². The van der Waals surface area contributed by atoms with Crippen LogP contribution in [0.15, 0.2) is 24.3 Å². The Morgan fingerprint density at radius 2 is 1.96 bits per heavy atom. The van der Waals surface area contributed by atoms with Gasteiger partial charge in [0.15, 0.2) is 0 Å². The van der Waals surface area contributed by atoms with E-state index in [-0.39, 0.29) is 17.9 Å². The Balaban J connectivity index is 1.38. The van der Waals surface area contributed by atoms with Crippen LogP contribution in [0.25, 0.3) is 0 Å². The summed E-state index contributed by atoms with van der Waals surface area (Å²) in [6, 6.07) is 8.38. The Bertz CT molecular complexity index is 657. The fourth-order valence-electron chi connectivity index (χ4n) is 4.43. The highest BCUT2D eigenvalue weighted by molar-refractivity contribution is 7.99. The van der Waals surface area contributed by atoms with Crippen LogP contribution in [0.1, 0.15) is 36.8 Å². The fourth-order valence-corrected chi connectivity index (χ4v) is 5.39. The third-order valence-electron chi connectivity index (χ3n) is 5.83. The number of fused-ring (bicyclic) bond motifs is 1. The van der Waals surface area contributed by atoms with Gasteiger partial charge < -0.3 is 9.80 Å². The summed E-state index contributed by atoms with van der Waals surface area (Å²) < 4.78 is 0. The molecule has 5 heteroatoms. The number of aryl methyl sites for hydroxylation is 1. The minimum absolute atomic E-state index is 0.171. The standard InChI is InChI=1S/C20H26N2O2S/c23-19(13-15-7-8-16-4-1-2-5-17(16)12-15)22-9-3-6-18(22)20(24)21-10-11-25-14-21/h1-2,4-5,15,18H,3,6-14H2/t15-,18-/m1/s1.